The maximum atomic E-state index is 12.2. The summed E-state index contributed by atoms with van der Waals surface area (Å²) in [7, 11) is -4.20. The summed E-state index contributed by atoms with van der Waals surface area (Å²) in [5, 5.41) is 2.76. The molecule has 2 rings (SSSR count). The maximum Gasteiger partial charge on any atom is 0.294 e. The molecule has 0 fully saturated rings. The van der Waals surface area contributed by atoms with Gasteiger partial charge in [0.1, 0.15) is 5.92 Å². The first-order chi connectivity index (χ1) is 11.2. The smallest absolute Gasteiger partial charge is 0.294 e. The van der Waals surface area contributed by atoms with Gasteiger partial charge >= 0.3 is 0 Å². The Labute approximate surface area is 141 Å². The monoisotopic (exact) mass is 351 g/mol. The third-order valence-electron chi connectivity index (χ3n) is 4.24. The molecule has 6 nitrogen and oxygen atoms in total. The van der Waals surface area contributed by atoms with Gasteiger partial charge in [0.05, 0.1) is 4.90 Å². The van der Waals surface area contributed by atoms with Crippen molar-refractivity contribution in [3.63, 3.8) is 0 Å². The molecular weight excluding hydrogens is 330 g/mol. The Kier molecular flexibility index (Phi) is 5.56. The number of carbonyl (C=O) groups excluding carboxylic acids is 2. The van der Waals surface area contributed by atoms with Crippen LogP contribution in [0.15, 0.2) is 40.3 Å². The molecule has 1 atom stereocenters. The number of benzene rings is 1. The highest BCUT2D eigenvalue weighted by atomic mass is 32.2. The number of Topliss-reactive ketones (excluding diaryl/α,β-unsaturated/α-hetero) is 1. The molecule has 130 valence electrons. The van der Waals surface area contributed by atoms with Crippen LogP contribution in [0.4, 0.5) is 0 Å². The molecule has 24 heavy (non-hydrogen) atoms. The lowest BCUT2D eigenvalue weighted by Gasteiger charge is -2.10. The van der Waals surface area contributed by atoms with Crippen molar-refractivity contribution in [1.82, 2.24) is 5.32 Å². The Morgan fingerprint density at radius 1 is 1.29 bits per heavy atom. The van der Waals surface area contributed by atoms with Crippen LogP contribution in [0.1, 0.15) is 32.3 Å². The van der Waals surface area contributed by atoms with E-state index in [1.54, 1.807) is 12.1 Å². The normalized spacial score (nSPS) is 18.1. The van der Waals surface area contributed by atoms with Crippen molar-refractivity contribution >= 4 is 21.8 Å². The quantitative estimate of drug-likeness (QED) is 0.602. The number of hydrogen-bond donors (Lipinski definition) is 2. The molecular formula is C17H21NO5S. The summed E-state index contributed by atoms with van der Waals surface area (Å²) < 4.78 is 30.8. The van der Waals surface area contributed by atoms with Crippen molar-refractivity contribution in [2.75, 3.05) is 6.54 Å². The molecule has 1 amide bonds. The molecule has 2 N–H and O–H groups in total. The van der Waals surface area contributed by atoms with Crippen LogP contribution in [0.5, 0.6) is 0 Å². The van der Waals surface area contributed by atoms with Gasteiger partial charge in [0.25, 0.3) is 10.1 Å². The number of carbonyl (C=O) groups is 2. The second kappa shape index (κ2) is 7.27. The summed E-state index contributed by atoms with van der Waals surface area (Å²) in [6.07, 6.45) is 1.64. The maximum absolute atomic E-state index is 12.2. The molecule has 0 bridgehead atoms. The summed E-state index contributed by atoms with van der Waals surface area (Å²) in [4.78, 5) is 24.2. The largest absolute Gasteiger partial charge is 0.355 e. The molecule has 1 unspecified atom stereocenters. The first kappa shape index (κ1) is 18.4. The van der Waals surface area contributed by atoms with Gasteiger partial charge in [-0.25, -0.2) is 0 Å². The van der Waals surface area contributed by atoms with E-state index in [-0.39, 0.29) is 16.6 Å². The fraction of sp³-hybridized carbons (Fsp3) is 0.412. The fourth-order valence-electron chi connectivity index (χ4n) is 2.91. The van der Waals surface area contributed by atoms with E-state index in [2.05, 4.69) is 5.32 Å². The van der Waals surface area contributed by atoms with Crippen LogP contribution in [-0.2, 0) is 26.1 Å². The summed E-state index contributed by atoms with van der Waals surface area (Å²) in [6, 6.07) is 5.79. The minimum atomic E-state index is -4.20. The summed E-state index contributed by atoms with van der Waals surface area (Å²) >= 11 is 0. The highest BCUT2D eigenvalue weighted by Gasteiger charge is 2.34. The topological polar surface area (TPSA) is 101 Å². The van der Waals surface area contributed by atoms with Gasteiger partial charge in [-0.2, -0.15) is 8.42 Å². The molecule has 1 aliphatic carbocycles. The number of amides is 1. The fourth-order valence-corrected chi connectivity index (χ4v) is 3.39. The van der Waals surface area contributed by atoms with E-state index in [1.807, 2.05) is 13.8 Å². The summed E-state index contributed by atoms with van der Waals surface area (Å²) in [6.45, 7) is 4.16. The zero-order chi connectivity index (χ0) is 17.9. The van der Waals surface area contributed by atoms with E-state index in [4.69, 9.17) is 4.55 Å². The van der Waals surface area contributed by atoms with Gasteiger partial charge in [0.2, 0.25) is 5.91 Å². The summed E-state index contributed by atoms with van der Waals surface area (Å²) in [5.41, 5.74) is 2.57. The van der Waals surface area contributed by atoms with E-state index >= 15 is 0 Å². The van der Waals surface area contributed by atoms with E-state index in [1.165, 1.54) is 12.1 Å². The van der Waals surface area contributed by atoms with Crippen molar-refractivity contribution in [3.05, 3.63) is 41.0 Å². The van der Waals surface area contributed by atoms with Crippen LogP contribution in [0.3, 0.4) is 0 Å². The Hall–Kier alpha value is -1.99. The number of rotatable bonds is 6. The highest BCUT2D eigenvalue weighted by Crippen LogP contribution is 2.29. The second-order valence-electron chi connectivity index (χ2n) is 5.89. The van der Waals surface area contributed by atoms with Gasteiger partial charge < -0.3 is 5.32 Å². The van der Waals surface area contributed by atoms with Gasteiger partial charge in [-0.05, 0) is 49.5 Å². The van der Waals surface area contributed by atoms with Crippen LogP contribution < -0.4 is 5.32 Å². The van der Waals surface area contributed by atoms with Crippen molar-refractivity contribution in [2.24, 2.45) is 5.92 Å². The van der Waals surface area contributed by atoms with Crippen LogP contribution in [0.2, 0.25) is 0 Å². The third kappa shape index (κ3) is 4.10. The Morgan fingerprint density at radius 3 is 2.42 bits per heavy atom. The van der Waals surface area contributed by atoms with E-state index < -0.39 is 16.0 Å². The van der Waals surface area contributed by atoms with E-state index in [0.29, 0.717) is 25.8 Å². The minimum absolute atomic E-state index is 0.0787. The number of hydrogen-bond acceptors (Lipinski definition) is 4. The van der Waals surface area contributed by atoms with Crippen molar-refractivity contribution in [3.8, 4) is 0 Å². The number of ketones is 1. The molecule has 0 aromatic heterocycles. The van der Waals surface area contributed by atoms with E-state index in [9.17, 15) is 18.0 Å². The van der Waals surface area contributed by atoms with Gasteiger partial charge in [-0.1, -0.05) is 24.6 Å². The van der Waals surface area contributed by atoms with Crippen LogP contribution in [0.25, 0.3) is 0 Å². The first-order valence-corrected chi connectivity index (χ1v) is 9.25. The third-order valence-corrected chi connectivity index (χ3v) is 5.11. The van der Waals surface area contributed by atoms with Gasteiger partial charge in [0, 0.05) is 6.54 Å². The lowest BCUT2D eigenvalue weighted by Crippen LogP contribution is -2.35. The Bertz CT molecular complexity index is 778. The van der Waals surface area contributed by atoms with Crippen LogP contribution in [-0.4, -0.2) is 31.2 Å². The number of allylic oxidation sites excluding steroid dienone is 2. The lowest BCUT2D eigenvalue weighted by molar-refractivity contribution is -0.131. The second-order valence-corrected chi connectivity index (χ2v) is 7.31. The molecule has 1 aromatic rings. The molecule has 0 radical (unpaired) electrons. The molecule has 7 heteroatoms. The molecule has 1 aromatic carbocycles. The minimum Gasteiger partial charge on any atom is -0.355 e. The molecule has 0 saturated heterocycles. The number of nitrogens with one attached hydrogen (secondary N) is 1. The molecule has 0 aliphatic heterocycles. The van der Waals surface area contributed by atoms with Crippen molar-refractivity contribution < 1.29 is 22.6 Å². The SMILES string of the molecule is CCC1=C(C)CC(C(=O)NCCc2ccc(S(=O)(=O)O)cc2)C1=O. The van der Waals surface area contributed by atoms with Crippen LogP contribution >= 0.6 is 0 Å². The van der Waals surface area contributed by atoms with Crippen molar-refractivity contribution in [2.45, 2.75) is 38.0 Å². The zero-order valence-corrected chi connectivity index (χ0v) is 14.5. The first-order valence-electron chi connectivity index (χ1n) is 7.81. The predicted octanol–water partition coefficient (Wildman–Crippen LogP) is 1.91. The summed E-state index contributed by atoms with van der Waals surface area (Å²) in [5.74, 6) is -0.968. The van der Waals surface area contributed by atoms with Gasteiger partial charge in [-0.3, -0.25) is 14.1 Å². The molecule has 0 saturated carbocycles. The molecule has 0 heterocycles. The van der Waals surface area contributed by atoms with Crippen LogP contribution in [0, 0.1) is 5.92 Å². The van der Waals surface area contributed by atoms with Crippen molar-refractivity contribution in [1.29, 1.82) is 0 Å². The predicted molar refractivity (Wildman–Crippen MR) is 89.1 cm³/mol. The zero-order valence-electron chi connectivity index (χ0n) is 13.7. The van der Waals surface area contributed by atoms with Gasteiger partial charge in [0.15, 0.2) is 5.78 Å². The van der Waals surface area contributed by atoms with E-state index in [0.717, 1.165) is 16.7 Å². The standard InChI is InChI=1S/C17H21NO5S/c1-3-14-11(2)10-15(16(14)19)17(20)18-9-8-12-4-6-13(7-5-12)24(21,22)23/h4-7,15H,3,8-10H2,1-2H3,(H,18,20)(H,21,22,23). The molecule has 1 aliphatic rings. The Morgan fingerprint density at radius 2 is 1.92 bits per heavy atom. The molecule has 0 spiro atoms. The average Bonchev–Trinajstić information content (AvgIpc) is 2.81. The highest BCUT2D eigenvalue weighted by molar-refractivity contribution is 7.85. The lowest BCUT2D eigenvalue weighted by atomic mass is 10.0. The average molecular weight is 351 g/mol. The van der Waals surface area contributed by atoms with Gasteiger partial charge in [-0.15, -0.1) is 0 Å². The Balaban J connectivity index is 1.87.